The molecule has 0 atom stereocenters. The van der Waals surface area contributed by atoms with Crippen molar-refractivity contribution in [2.75, 3.05) is 26.7 Å². The van der Waals surface area contributed by atoms with Crippen LogP contribution in [0.3, 0.4) is 0 Å². The van der Waals surface area contributed by atoms with Gasteiger partial charge in [-0.1, -0.05) is 42.5 Å². The molecular weight excluding hydrogens is 392 g/mol. The quantitative estimate of drug-likeness (QED) is 0.632. The number of benzene rings is 1. The molecule has 1 aromatic rings. The number of nitrogens with zero attached hydrogens (tertiary/aromatic N) is 2. The van der Waals surface area contributed by atoms with Gasteiger partial charge in [-0.2, -0.15) is 0 Å². The number of likely N-dealkylation sites (tertiary alicyclic amines) is 1. The summed E-state index contributed by atoms with van der Waals surface area (Å²) in [5.74, 6) is -0.204. The number of hydrogen-bond donors (Lipinski definition) is 0. The molecule has 1 saturated carbocycles. The Hall–Kier alpha value is -2.34. The van der Waals surface area contributed by atoms with Crippen molar-refractivity contribution in [2.24, 2.45) is 0 Å². The molecular formula is C25H38N2O4. The number of methoxy groups -OCH3 is 1. The molecule has 0 radical (unpaired) electrons. The molecule has 0 aromatic heterocycles. The third-order valence-electron chi connectivity index (χ3n) is 5.23. The summed E-state index contributed by atoms with van der Waals surface area (Å²) in [6.45, 7) is 9.67. The van der Waals surface area contributed by atoms with Gasteiger partial charge in [-0.3, -0.25) is 9.69 Å². The predicted octanol–water partition coefficient (Wildman–Crippen LogP) is 4.74. The Morgan fingerprint density at radius 2 is 1.65 bits per heavy atom. The molecule has 3 rings (SSSR count). The fraction of sp³-hybridized carbons (Fsp3) is 0.600. The largest absolute Gasteiger partial charge is 0.468 e. The zero-order chi connectivity index (χ0) is 22.9. The zero-order valence-electron chi connectivity index (χ0n) is 19.7. The average Bonchev–Trinajstić information content (AvgIpc) is 3.54. The van der Waals surface area contributed by atoms with E-state index in [0.29, 0.717) is 12.6 Å². The molecule has 31 heavy (non-hydrogen) atoms. The molecule has 6 heteroatoms. The summed E-state index contributed by atoms with van der Waals surface area (Å²) in [4.78, 5) is 27.8. The summed E-state index contributed by atoms with van der Waals surface area (Å²) < 4.78 is 10.3. The molecule has 1 aliphatic heterocycles. The Labute approximate surface area is 187 Å². The minimum atomic E-state index is -0.462. The van der Waals surface area contributed by atoms with E-state index >= 15 is 0 Å². The molecule has 2 fully saturated rings. The number of carbonyl (C=O) groups excluding carboxylic acids is 2. The van der Waals surface area contributed by atoms with Crippen molar-refractivity contribution in [3.63, 3.8) is 0 Å². The summed E-state index contributed by atoms with van der Waals surface area (Å²) >= 11 is 0. The van der Waals surface area contributed by atoms with Gasteiger partial charge in [0, 0.05) is 25.2 Å². The van der Waals surface area contributed by atoms with Gasteiger partial charge in [-0.15, -0.1) is 0 Å². The molecule has 1 saturated heterocycles. The first-order valence-electron chi connectivity index (χ1n) is 11.2. The van der Waals surface area contributed by atoms with E-state index in [-0.39, 0.29) is 18.1 Å². The number of carbonyl (C=O) groups is 2. The Balaban J connectivity index is 0.000000316. The lowest BCUT2D eigenvalue weighted by atomic mass is 10.0. The number of hydrogen-bond acceptors (Lipinski definition) is 5. The molecule has 1 aromatic carbocycles. The summed E-state index contributed by atoms with van der Waals surface area (Å²) in [5.41, 5.74) is 0.801. The lowest BCUT2D eigenvalue weighted by Crippen LogP contribution is -2.50. The monoisotopic (exact) mass is 430 g/mol. The van der Waals surface area contributed by atoms with Crippen LogP contribution in [0.1, 0.15) is 58.9 Å². The molecule has 6 nitrogen and oxygen atoms in total. The van der Waals surface area contributed by atoms with Crippen LogP contribution in [0.2, 0.25) is 0 Å². The highest BCUT2D eigenvalue weighted by Gasteiger charge is 2.40. The molecule has 172 valence electrons. The van der Waals surface area contributed by atoms with E-state index in [2.05, 4.69) is 23.1 Å². The number of ether oxygens (including phenoxy) is 2. The molecule has 0 bridgehead atoms. The molecule has 1 heterocycles. The van der Waals surface area contributed by atoms with Crippen molar-refractivity contribution in [3.05, 3.63) is 42.0 Å². The SMILES string of the molecule is C/C=C\c1ccccc1.COC(=O)CN1CCC(N(C(=O)OC(C)(C)C)C2CC2)CC1. The second kappa shape index (κ2) is 11.9. The summed E-state index contributed by atoms with van der Waals surface area (Å²) in [5, 5.41) is 0. The van der Waals surface area contributed by atoms with Gasteiger partial charge < -0.3 is 14.4 Å². The van der Waals surface area contributed by atoms with Crippen LogP contribution in [0.5, 0.6) is 0 Å². The van der Waals surface area contributed by atoms with Gasteiger partial charge in [-0.25, -0.2) is 4.79 Å². The first-order valence-corrected chi connectivity index (χ1v) is 11.2. The van der Waals surface area contributed by atoms with E-state index < -0.39 is 5.60 Å². The lowest BCUT2D eigenvalue weighted by Gasteiger charge is -2.38. The maximum atomic E-state index is 12.5. The fourth-order valence-electron chi connectivity index (χ4n) is 3.62. The van der Waals surface area contributed by atoms with Crippen molar-refractivity contribution in [3.8, 4) is 0 Å². The van der Waals surface area contributed by atoms with Crippen molar-refractivity contribution in [2.45, 2.75) is 71.1 Å². The maximum absolute atomic E-state index is 12.5. The second-order valence-electron chi connectivity index (χ2n) is 9.11. The van der Waals surface area contributed by atoms with Gasteiger partial charge in [0.1, 0.15) is 5.60 Å². The van der Waals surface area contributed by atoms with Gasteiger partial charge in [0.25, 0.3) is 0 Å². The Bertz CT molecular complexity index is 715. The highest BCUT2D eigenvalue weighted by atomic mass is 16.6. The van der Waals surface area contributed by atoms with Crippen molar-refractivity contribution < 1.29 is 19.1 Å². The first kappa shape index (κ1) is 24.9. The Kier molecular flexibility index (Phi) is 9.56. The van der Waals surface area contributed by atoms with Gasteiger partial charge in [-0.05, 0) is 58.9 Å². The van der Waals surface area contributed by atoms with Gasteiger partial charge in [0.05, 0.1) is 13.7 Å². The highest BCUT2D eigenvalue weighted by molar-refractivity contribution is 5.71. The number of rotatable bonds is 5. The smallest absolute Gasteiger partial charge is 0.410 e. The standard InChI is InChI=1S/C16H28N2O4.C9H10/c1-16(2,3)22-15(20)18(12-5-6-12)13-7-9-17(10-8-13)11-14(19)21-4;1-2-6-9-7-4-3-5-8-9/h12-13H,5-11H2,1-4H3;2-8H,1H3/b;6-2-. The highest BCUT2D eigenvalue weighted by Crippen LogP contribution is 2.33. The molecule has 0 N–H and O–H groups in total. The summed E-state index contributed by atoms with van der Waals surface area (Å²) in [7, 11) is 1.41. The topological polar surface area (TPSA) is 59.1 Å². The number of allylic oxidation sites excluding steroid dienone is 1. The van der Waals surface area contributed by atoms with Gasteiger partial charge in [0.15, 0.2) is 0 Å². The molecule has 1 amide bonds. The van der Waals surface area contributed by atoms with E-state index in [4.69, 9.17) is 9.47 Å². The number of amides is 1. The van der Waals surface area contributed by atoms with Crippen LogP contribution in [0.15, 0.2) is 36.4 Å². The third kappa shape index (κ3) is 9.13. The second-order valence-corrected chi connectivity index (χ2v) is 9.11. The lowest BCUT2D eigenvalue weighted by molar-refractivity contribution is -0.142. The zero-order valence-corrected chi connectivity index (χ0v) is 19.7. The maximum Gasteiger partial charge on any atom is 0.410 e. The van der Waals surface area contributed by atoms with Crippen molar-refractivity contribution in [1.29, 1.82) is 0 Å². The van der Waals surface area contributed by atoms with Crippen LogP contribution in [0, 0.1) is 0 Å². The van der Waals surface area contributed by atoms with Crippen LogP contribution in [-0.2, 0) is 14.3 Å². The van der Waals surface area contributed by atoms with Crippen LogP contribution >= 0.6 is 0 Å². The minimum absolute atomic E-state index is 0.193. The van der Waals surface area contributed by atoms with Crippen LogP contribution in [-0.4, -0.2) is 66.3 Å². The summed E-state index contributed by atoms with van der Waals surface area (Å²) in [6, 6.07) is 10.8. The van der Waals surface area contributed by atoms with E-state index in [1.165, 1.54) is 12.7 Å². The van der Waals surface area contributed by atoms with E-state index in [1.807, 2.05) is 56.9 Å². The number of piperidine rings is 1. The summed E-state index contributed by atoms with van der Waals surface area (Å²) in [6.07, 6.45) is 7.83. The van der Waals surface area contributed by atoms with E-state index in [1.54, 1.807) is 0 Å². The first-order chi connectivity index (χ1) is 14.7. The molecule has 2 aliphatic rings. The van der Waals surface area contributed by atoms with E-state index in [0.717, 1.165) is 38.8 Å². The van der Waals surface area contributed by atoms with Gasteiger partial charge in [0.2, 0.25) is 0 Å². The van der Waals surface area contributed by atoms with Crippen molar-refractivity contribution >= 4 is 18.1 Å². The van der Waals surface area contributed by atoms with Crippen LogP contribution in [0.25, 0.3) is 6.08 Å². The molecule has 0 unspecified atom stereocenters. The minimum Gasteiger partial charge on any atom is -0.468 e. The average molecular weight is 431 g/mol. The third-order valence-corrected chi connectivity index (χ3v) is 5.23. The van der Waals surface area contributed by atoms with Crippen molar-refractivity contribution in [1.82, 2.24) is 9.80 Å². The van der Waals surface area contributed by atoms with E-state index in [9.17, 15) is 9.59 Å². The molecule has 1 aliphatic carbocycles. The Morgan fingerprint density at radius 3 is 2.13 bits per heavy atom. The predicted molar refractivity (Wildman–Crippen MR) is 124 cm³/mol. The normalized spacial score (nSPS) is 17.6. The van der Waals surface area contributed by atoms with Gasteiger partial charge >= 0.3 is 12.1 Å². The van der Waals surface area contributed by atoms with Crippen LogP contribution in [0.4, 0.5) is 4.79 Å². The van der Waals surface area contributed by atoms with Crippen LogP contribution < -0.4 is 0 Å². The fourth-order valence-corrected chi connectivity index (χ4v) is 3.62. The Morgan fingerprint density at radius 1 is 1.06 bits per heavy atom. The molecule has 0 spiro atoms. The number of esters is 1.